The summed E-state index contributed by atoms with van der Waals surface area (Å²) in [6.07, 6.45) is 0.133. The summed E-state index contributed by atoms with van der Waals surface area (Å²) in [5.41, 5.74) is 3.46. The number of amides is 1. The van der Waals surface area contributed by atoms with Gasteiger partial charge in [-0.15, -0.1) is 0 Å². The van der Waals surface area contributed by atoms with Crippen molar-refractivity contribution < 1.29 is 9.53 Å². The molecule has 3 aromatic carbocycles. The minimum atomic E-state index is -0.488. The van der Waals surface area contributed by atoms with E-state index in [9.17, 15) is 4.79 Å². The van der Waals surface area contributed by atoms with Crippen molar-refractivity contribution in [2.24, 2.45) is 0 Å². The molecular formula is C23H25NO2. The number of hydrogen-bond acceptors (Lipinski definition) is 2. The highest BCUT2D eigenvalue weighted by Gasteiger charge is 2.18. The molecule has 0 bridgehead atoms. The Morgan fingerprint density at radius 3 is 2.46 bits per heavy atom. The van der Waals surface area contributed by atoms with Gasteiger partial charge in [0.15, 0.2) is 6.10 Å². The first-order chi connectivity index (χ1) is 12.6. The van der Waals surface area contributed by atoms with Crippen molar-refractivity contribution >= 4 is 16.7 Å². The molecule has 134 valence electrons. The van der Waals surface area contributed by atoms with Gasteiger partial charge in [-0.25, -0.2) is 0 Å². The molecule has 0 aromatic heterocycles. The van der Waals surface area contributed by atoms with E-state index in [4.69, 9.17) is 4.74 Å². The monoisotopic (exact) mass is 347 g/mol. The zero-order valence-electron chi connectivity index (χ0n) is 15.6. The van der Waals surface area contributed by atoms with Crippen LogP contribution in [0.1, 0.15) is 30.0 Å². The first-order valence-electron chi connectivity index (χ1n) is 9.06. The van der Waals surface area contributed by atoms with Crippen LogP contribution in [0.25, 0.3) is 10.8 Å². The summed E-state index contributed by atoms with van der Waals surface area (Å²) in [6.45, 7) is 6.56. The molecule has 3 rings (SSSR count). The molecule has 0 radical (unpaired) electrons. The van der Waals surface area contributed by atoms with Crippen molar-refractivity contribution in [1.29, 1.82) is 0 Å². The Bertz CT molecular complexity index is 917. The number of ether oxygens (including phenoxy) is 1. The average molecular weight is 347 g/mol. The molecule has 3 nitrogen and oxygen atoms in total. The largest absolute Gasteiger partial charge is 0.481 e. The minimum Gasteiger partial charge on any atom is -0.481 e. The summed E-state index contributed by atoms with van der Waals surface area (Å²) in [6, 6.07) is 20.4. The summed E-state index contributed by atoms with van der Waals surface area (Å²) in [5.74, 6) is 0.652. The van der Waals surface area contributed by atoms with Gasteiger partial charge in [0.1, 0.15) is 5.75 Å². The van der Waals surface area contributed by atoms with Crippen LogP contribution in [-0.2, 0) is 11.3 Å². The number of nitrogens with one attached hydrogen (secondary N) is 1. The van der Waals surface area contributed by atoms with Gasteiger partial charge in [-0.05, 0) is 65.9 Å². The number of hydrogen-bond donors (Lipinski definition) is 1. The first kappa shape index (κ1) is 18.0. The Hall–Kier alpha value is -2.81. The van der Waals surface area contributed by atoms with Gasteiger partial charge >= 0.3 is 0 Å². The average Bonchev–Trinajstić information content (AvgIpc) is 2.66. The van der Waals surface area contributed by atoms with Gasteiger partial charge < -0.3 is 10.1 Å². The third-order valence-electron chi connectivity index (χ3n) is 4.70. The smallest absolute Gasteiger partial charge is 0.261 e. The fourth-order valence-electron chi connectivity index (χ4n) is 2.93. The van der Waals surface area contributed by atoms with Crippen LogP contribution in [0.2, 0.25) is 0 Å². The van der Waals surface area contributed by atoms with E-state index >= 15 is 0 Å². The quantitative estimate of drug-likeness (QED) is 0.686. The normalized spacial score (nSPS) is 12.0. The highest BCUT2D eigenvalue weighted by Crippen LogP contribution is 2.19. The number of aryl methyl sites for hydroxylation is 2. The molecular weight excluding hydrogens is 322 g/mol. The van der Waals surface area contributed by atoms with Crippen LogP contribution in [-0.4, -0.2) is 12.0 Å². The minimum absolute atomic E-state index is 0.0844. The lowest BCUT2D eigenvalue weighted by Crippen LogP contribution is -2.37. The van der Waals surface area contributed by atoms with Gasteiger partial charge in [-0.3, -0.25) is 4.79 Å². The van der Waals surface area contributed by atoms with Crippen LogP contribution in [0.3, 0.4) is 0 Å². The number of carbonyl (C=O) groups excluding carboxylic acids is 1. The molecule has 0 aliphatic rings. The summed E-state index contributed by atoms with van der Waals surface area (Å²) < 4.78 is 5.91. The molecule has 26 heavy (non-hydrogen) atoms. The number of carbonyl (C=O) groups is 1. The first-order valence-corrected chi connectivity index (χ1v) is 9.06. The topological polar surface area (TPSA) is 38.3 Å². The van der Waals surface area contributed by atoms with E-state index in [0.717, 1.165) is 16.9 Å². The summed E-state index contributed by atoms with van der Waals surface area (Å²) in [4.78, 5) is 12.5. The van der Waals surface area contributed by atoms with E-state index in [1.54, 1.807) is 0 Å². The Kier molecular flexibility index (Phi) is 5.57. The molecule has 0 saturated carbocycles. The predicted molar refractivity (Wildman–Crippen MR) is 106 cm³/mol. The molecule has 0 aliphatic heterocycles. The van der Waals surface area contributed by atoms with Crippen LogP contribution < -0.4 is 10.1 Å². The molecule has 0 fully saturated rings. The van der Waals surface area contributed by atoms with E-state index in [-0.39, 0.29) is 5.91 Å². The lowest BCUT2D eigenvalue weighted by atomic mass is 10.1. The molecule has 0 saturated heterocycles. The van der Waals surface area contributed by atoms with Crippen LogP contribution in [0, 0.1) is 13.8 Å². The number of rotatable bonds is 6. The number of fused-ring (bicyclic) bond motifs is 1. The molecule has 0 spiro atoms. The van der Waals surface area contributed by atoms with Crippen LogP contribution in [0.5, 0.6) is 5.75 Å². The second-order valence-corrected chi connectivity index (χ2v) is 6.66. The molecule has 3 aromatic rings. The van der Waals surface area contributed by atoms with E-state index in [2.05, 4.69) is 36.5 Å². The highest BCUT2D eigenvalue weighted by atomic mass is 16.5. The second kappa shape index (κ2) is 8.05. The maximum atomic E-state index is 12.5. The second-order valence-electron chi connectivity index (χ2n) is 6.66. The van der Waals surface area contributed by atoms with Crippen molar-refractivity contribution in [3.63, 3.8) is 0 Å². The Balaban J connectivity index is 1.63. The molecule has 1 atom stereocenters. The van der Waals surface area contributed by atoms with Gasteiger partial charge in [0.25, 0.3) is 5.91 Å². The van der Waals surface area contributed by atoms with E-state index in [0.29, 0.717) is 13.0 Å². The molecule has 0 aliphatic carbocycles. The van der Waals surface area contributed by atoms with Crippen LogP contribution in [0.4, 0.5) is 0 Å². The van der Waals surface area contributed by atoms with Crippen molar-refractivity contribution in [2.75, 3.05) is 0 Å². The van der Waals surface area contributed by atoms with Gasteiger partial charge in [-0.1, -0.05) is 49.4 Å². The van der Waals surface area contributed by atoms with E-state index in [1.807, 2.05) is 50.2 Å². The lowest BCUT2D eigenvalue weighted by Gasteiger charge is -2.18. The maximum absolute atomic E-state index is 12.5. The summed E-state index contributed by atoms with van der Waals surface area (Å²) in [7, 11) is 0. The maximum Gasteiger partial charge on any atom is 0.261 e. The van der Waals surface area contributed by atoms with E-state index < -0.39 is 6.10 Å². The van der Waals surface area contributed by atoms with Crippen molar-refractivity contribution in [1.82, 2.24) is 5.32 Å². The van der Waals surface area contributed by atoms with Crippen LogP contribution >= 0.6 is 0 Å². The predicted octanol–water partition coefficient (Wildman–Crippen LogP) is 4.93. The van der Waals surface area contributed by atoms with Crippen LogP contribution in [0.15, 0.2) is 60.7 Å². The molecule has 0 heterocycles. The molecule has 3 heteroatoms. The van der Waals surface area contributed by atoms with Gasteiger partial charge in [0.2, 0.25) is 0 Å². The SMILES string of the molecule is CC[C@@H](Oc1ccc(C)c(C)c1)C(=O)NCc1ccc2ccccc2c1. The Labute approximate surface area is 155 Å². The third kappa shape index (κ3) is 4.23. The van der Waals surface area contributed by atoms with Gasteiger partial charge in [0.05, 0.1) is 0 Å². The lowest BCUT2D eigenvalue weighted by molar-refractivity contribution is -0.128. The fraction of sp³-hybridized carbons (Fsp3) is 0.261. The zero-order chi connectivity index (χ0) is 18.5. The van der Waals surface area contributed by atoms with Gasteiger partial charge in [0, 0.05) is 6.54 Å². The number of benzene rings is 3. The summed E-state index contributed by atoms with van der Waals surface area (Å²) >= 11 is 0. The fourth-order valence-corrected chi connectivity index (χ4v) is 2.93. The Morgan fingerprint density at radius 1 is 0.962 bits per heavy atom. The van der Waals surface area contributed by atoms with Crippen molar-refractivity contribution in [3.05, 3.63) is 77.4 Å². The standard InChI is InChI=1S/C23H25NO2/c1-4-22(26-21-12-9-16(2)17(3)13-21)23(25)24-15-18-10-11-19-7-5-6-8-20(19)14-18/h5-14,22H,4,15H2,1-3H3,(H,24,25)/t22-/m1/s1. The zero-order valence-corrected chi connectivity index (χ0v) is 15.6. The van der Waals surface area contributed by atoms with Crippen molar-refractivity contribution in [3.8, 4) is 5.75 Å². The molecule has 0 unspecified atom stereocenters. The van der Waals surface area contributed by atoms with Crippen molar-refractivity contribution in [2.45, 2.75) is 39.8 Å². The summed E-state index contributed by atoms with van der Waals surface area (Å²) in [5, 5.41) is 5.38. The molecule has 1 amide bonds. The third-order valence-corrected chi connectivity index (χ3v) is 4.70. The Morgan fingerprint density at radius 2 is 1.73 bits per heavy atom. The molecule has 1 N–H and O–H groups in total. The highest BCUT2D eigenvalue weighted by molar-refractivity contribution is 5.83. The van der Waals surface area contributed by atoms with E-state index in [1.165, 1.54) is 16.3 Å². The van der Waals surface area contributed by atoms with Gasteiger partial charge in [-0.2, -0.15) is 0 Å².